The molecular formula is C21H29NO2. The van der Waals surface area contributed by atoms with Gasteiger partial charge in [0.1, 0.15) is 0 Å². The van der Waals surface area contributed by atoms with E-state index >= 15 is 0 Å². The highest BCUT2D eigenvalue weighted by atomic mass is 16.3. The van der Waals surface area contributed by atoms with Crippen LogP contribution in [0.15, 0.2) is 11.6 Å². The van der Waals surface area contributed by atoms with Gasteiger partial charge in [-0.05, 0) is 74.2 Å². The molecule has 6 atom stereocenters. The van der Waals surface area contributed by atoms with Crippen molar-refractivity contribution >= 4 is 5.78 Å². The lowest BCUT2D eigenvalue weighted by Gasteiger charge is -2.59. The molecule has 3 nitrogen and oxygen atoms in total. The summed E-state index contributed by atoms with van der Waals surface area (Å²) in [6.45, 7) is 4.64. The number of allylic oxidation sites excluding steroid dienone is 1. The van der Waals surface area contributed by atoms with Gasteiger partial charge in [0.15, 0.2) is 5.78 Å². The van der Waals surface area contributed by atoms with Crippen LogP contribution in [-0.2, 0) is 4.79 Å². The van der Waals surface area contributed by atoms with Crippen molar-refractivity contribution in [2.24, 2.45) is 28.6 Å². The van der Waals surface area contributed by atoms with Gasteiger partial charge in [0, 0.05) is 11.8 Å². The van der Waals surface area contributed by atoms with E-state index in [0.717, 1.165) is 44.9 Å². The van der Waals surface area contributed by atoms with Crippen molar-refractivity contribution in [2.75, 3.05) is 0 Å². The first-order valence-corrected chi connectivity index (χ1v) is 9.67. The molecule has 0 aromatic carbocycles. The lowest BCUT2D eigenvalue weighted by molar-refractivity contribution is -0.128. The molecule has 24 heavy (non-hydrogen) atoms. The van der Waals surface area contributed by atoms with Gasteiger partial charge in [-0.15, -0.1) is 0 Å². The third kappa shape index (κ3) is 1.96. The molecule has 1 N–H and O–H groups in total. The number of carbonyl (C=O) groups is 1. The summed E-state index contributed by atoms with van der Waals surface area (Å²) in [6, 6.07) is 2.24. The van der Waals surface area contributed by atoms with Gasteiger partial charge in [0.05, 0.1) is 18.1 Å². The summed E-state index contributed by atoms with van der Waals surface area (Å²) in [6.07, 6.45) is 10.1. The van der Waals surface area contributed by atoms with E-state index in [1.165, 1.54) is 5.57 Å². The predicted molar refractivity (Wildman–Crippen MR) is 91.9 cm³/mol. The third-order valence-electron chi connectivity index (χ3n) is 8.66. The molecule has 3 fully saturated rings. The van der Waals surface area contributed by atoms with Gasteiger partial charge in [-0.3, -0.25) is 4.79 Å². The molecule has 0 saturated heterocycles. The highest BCUT2D eigenvalue weighted by molar-refractivity contribution is 5.91. The number of fused-ring (bicyclic) bond motifs is 5. The lowest BCUT2D eigenvalue weighted by Crippen LogP contribution is -2.54. The van der Waals surface area contributed by atoms with Crippen LogP contribution in [0.5, 0.6) is 0 Å². The van der Waals surface area contributed by atoms with Crippen LogP contribution in [0.25, 0.3) is 0 Å². The first-order valence-electron chi connectivity index (χ1n) is 9.67. The predicted octanol–water partition coefficient (Wildman–Crippen LogP) is 4.16. The smallest absolute Gasteiger partial charge is 0.155 e. The fraction of sp³-hybridized carbons (Fsp3) is 0.810. The Morgan fingerprint density at radius 2 is 1.92 bits per heavy atom. The van der Waals surface area contributed by atoms with E-state index in [4.69, 9.17) is 0 Å². The molecule has 0 aromatic heterocycles. The van der Waals surface area contributed by atoms with Crippen LogP contribution >= 0.6 is 0 Å². The van der Waals surface area contributed by atoms with Crippen LogP contribution < -0.4 is 0 Å². The summed E-state index contributed by atoms with van der Waals surface area (Å²) >= 11 is 0. The molecule has 0 radical (unpaired) electrons. The maximum absolute atomic E-state index is 11.9. The van der Waals surface area contributed by atoms with Crippen LogP contribution in [0.2, 0.25) is 0 Å². The molecular weight excluding hydrogens is 298 g/mol. The van der Waals surface area contributed by atoms with Gasteiger partial charge in [0.25, 0.3) is 0 Å². The van der Waals surface area contributed by atoms with Crippen molar-refractivity contribution in [3.05, 3.63) is 11.6 Å². The first-order chi connectivity index (χ1) is 11.3. The van der Waals surface area contributed by atoms with E-state index in [-0.39, 0.29) is 17.3 Å². The van der Waals surface area contributed by atoms with Gasteiger partial charge in [-0.25, -0.2) is 0 Å². The zero-order valence-electron chi connectivity index (χ0n) is 15.0. The van der Waals surface area contributed by atoms with Crippen LogP contribution in [0.1, 0.15) is 71.6 Å². The van der Waals surface area contributed by atoms with Crippen LogP contribution in [-0.4, -0.2) is 16.5 Å². The van der Waals surface area contributed by atoms with Crippen LogP contribution in [0.4, 0.5) is 0 Å². The minimum atomic E-state index is -0.795. The molecule has 4 aliphatic carbocycles. The van der Waals surface area contributed by atoms with Gasteiger partial charge in [-0.1, -0.05) is 19.4 Å². The van der Waals surface area contributed by atoms with Crippen LogP contribution in [0, 0.1) is 39.9 Å². The Morgan fingerprint density at radius 3 is 2.67 bits per heavy atom. The third-order valence-corrected chi connectivity index (χ3v) is 8.66. The monoisotopic (exact) mass is 327 g/mol. The molecule has 3 heteroatoms. The Bertz CT molecular complexity index is 647. The Hall–Kier alpha value is -1.14. The van der Waals surface area contributed by atoms with E-state index in [9.17, 15) is 15.2 Å². The first kappa shape index (κ1) is 16.3. The molecule has 0 aliphatic heterocycles. The Labute approximate surface area is 145 Å². The average Bonchev–Trinajstić information content (AvgIpc) is 2.80. The molecule has 0 amide bonds. The number of aliphatic hydroxyl groups is 1. The Balaban J connectivity index is 1.67. The quantitative estimate of drug-likeness (QED) is 0.786. The van der Waals surface area contributed by atoms with Gasteiger partial charge in [-0.2, -0.15) is 5.26 Å². The number of nitriles is 1. The maximum atomic E-state index is 11.9. The standard InChI is InChI=1S/C21H29NO2/c1-19-8-5-15(23)13-14(19)3-4-16-17(19)6-9-20(2)18(16)7-10-21(20,24)11-12-22/h13,16-18,24H,3-11H2,1-2H3/t16-,17-,18+,19+,20-,21+/m0/s1. The van der Waals surface area contributed by atoms with Crippen molar-refractivity contribution in [1.29, 1.82) is 5.26 Å². The van der Waals surface area contributed by atoms with Crippen molar-refractivity contribution in [3.63, 3.8) is 0 Å². The molecule has 4 rings (SSSR count). The number of carbonyl (C=O) groups excluding carboxylic acids is 1. The molecule has 3 saturated carbocycles. The molecule has 130 valence electrons. The van der Waals surface area contributed by atoms with Gasteiger partial charge in [0.2, 0.25) is 0 Å². The number of rotatable bonds is 1. The molecule has 0 heterocycles. The van der Waals surface area contributed by atoms with E-state index < -0.39 is 5.60 Å². The second-order valence-corrected chi connectivity index (χ2v) is 9.33. The van der Waals surface area contributed by atoms with E-state index in [1.54, 1.807) is 0 Å². The van der Waals surface area contributed by atoms with Gasteiger partial charge < -0.3 is 5.11 Å². The second-order valence-electron chi connectivity index (χ2n) is 9.33. The summed E-state index contributed by atoms with van der Waals surface area (Å²) in [4.78, 5) is 11.9. The van der Waals surface area contributed by atoms with Crippen LogP contribution in [0.3, 0.4) is 0 Å². The number of nitrogens with zero attached hydrogens (tertiary/aromatic N) is 1. The molecule has 0 aromatic rings. The van der Waals surface area contributed by atoms with Crippen molar-refractivity contribution < 1.29 is 9.90 Å². The molecule has 4 aliphatic rings. The Morgan fingerprint density at radius 1 is 1.17 bits per heavy atom. The van der Waals surface area contributed by atoms with Crippen molar-refractivity contribution in [2.45, 2.75) is 77.2 Å². The summed E-state index contributed by atoms with van der Waals surface area (Å²) in [7, 11) is 0. The summed E-state index contributed by atoms with van der Waals surface area (Å²) in [5.74, 6) is 2.14. The van der Waals surface area contributed by atoms with E-state index in [0.29, 0.717) is 30.0 Å². The SMILES string of the molecule is C[C@]12CC[C@H]3[C@H](CCC4=CC(=O)CC[C@]43C)[C@H]1CC[C@@]2(O)CC#N. The summed E-state index contributed by atoms with van der Waals surface area (Å²) < 4.78 is 0. The maximum Gasteiger partial charge on any atom is 0.155 e. The molecule has 0 unspecified atom stereocenters. The van der Waals surface area contributed by atoms with E-state index in [1.807, 2.05) is 6.08 Å². The highest BCUT2D eigenvalue weighted by Gasteiger charge is 2.63. The lowest BCUT2D eigenvalue weighted by atomic mass is 9.46. The summed E-state index contributed by atoms with van der Waals surface area (Å²) in [5, 5.41) is 20.4. The van der Waals surface area contributed by atoms with Crippen molar-refractivity contribution in [3.8, 4) is 6.07 Å². The van der Waals surface area contributed by atoms with Gasteiger partial charge >= 0.3 is 0 Å². The second kappa shape index (κ2) is 5.18. The zero-order valence-corrected chi connectivity index (χ0v) is 15.0. The fourth-order valence-corrected chi connectivity index (χ4v) is 7.09. The fourth-order valence-electron chi connectivity index (χ4n) is 7.09. The summed E-state index contributed by atoms with van der Waals surface area (Å²) in [5.41, 5.74) is 0.686. The minimum absolute atomic E-state index is 0.105. The Kier molecular flexibility index (Phi) is 3.52. The number of hydrogen-bond acceptors (Lipinski definition) is 3. The largest absolute Gasteiger partial charge is 0.388 e. The normalized spacial score (nSPS) is 50.3. The topological polar surface area (TPSA) is 61.1 Å². The number of hydrogen-bond donors (Lipinski definition) is 1. The molecule has 0 spiro atoms. The van der Waals surface area contributed by atoms with Crippen molar-refractivity contribution in [1.82, 2.24) is 0 Å². The number of ketones is 1. The van der Waals surface area contributed by atoms with E-state index in [2.05, 4.69) is 19.9 Å². The average molecular weight is 327 g/mol. The minimum Gasteiger partial charge on any atom is -0.388 e. The highest BCUT2D eigenvalue weighted by Crippen LogP contribution is 2.67. The molecule has 0 bridgehead atoms. The zero-order chi connectivity index (χ0) is 17.2.